The summed E-state index contributed by atoms with van der Waals surface area (Å²) >= 11 is 1.58. The van der Waals surface area contributed by atoms with Crippen LogP contribution in [-0.4, -0.2) is 62.2 Å². The van der Waals surface area contributed by atoms with Crippen molar-refractivity contribution < 1.29 is 0 Å². The molecule has 0 spiro atoms. The van der Waals surface area contributed by atoms with Crippen LogP contribution in [0.1, 0.15) is 5.69 Å². The Morgan fingerprint density at radius 2 is 1.67 bits per heavy atom. The van der Waals surface area contributed by atoms with Gasteiger partial charge in [0.15, 0.2) is 5.16 Å². The van der Waals surface area contributed by atoms with E-state index in [9.17, 15) is 0 Å². The number of hydrogen-bond acceptors (Lipinski definition) is 8. The van der Waals surface area contributed by atoms with Crippen LogP contribution in [0.3, 0.4) is 0 Å². The van der Waals surface area contributed by atoms with Crippen LogP contribution in [0.25, 0.3) is 11.3 Å². The number of aromatic nitrogens is 6. The fourth-order valence-corrected chi connectivity index (χ4v) is 3.56. The second kappa shape index (κ2) is 7.51. The van der Waals surface area contributed by atoms with Gasteiger partial charge in [-0.15, -0.1) is 0 Å². The van der Waals surface area contributed by atoms with Crippen molar-refractivity contribution in [1.29, 1.82) is 0 Å². The van der Waals surface area contributed by atoms with Crippen LogP contribution in [0.5, 0.6) is 0 Å². The van der Waals surface area contributed by atoms with Gasteiger partial charge in [-0.25, -0.2) is 15.0 Å². The van der Waals surface area contributed by atoms with Crippen molar-refractivity contribution in [3.05, 3.63) is 36.5 Å². The number of aryl methyl sites for hydroxylation is 2. The summed E-state index contributed by atoms with van der Waals surface area (Å²) in [5, 5.41) is 5.04. The molecule has 3 aromatic rings. The summed E-state index contributed by atoms with van der Waals surface area (Å²) in [6, 6.07) is 2.05. The lowest BCUT2D eigenvalue weighted by atomic mass is 10.2. The van der Waals surface area contributed by atoms with Crippen molar-refractivity contribution >= 4 is 23.4 Å². The second-order valence-electron chi connectivity index (χ2n) is 6.49. The van der Waals surface area contributed by atoms with E-state index in [2.05, 4.69) is 35.9 Å². The Labute approximate surface area is 162 Å². The summed E-state index contributed by atoms with van der Waals surface area (Å²) in [5.41, 5.74) is 2.83. The number of rotatable bonds is 4. The van der Waals surface area contributed by atoms with Crippen LogP contribution in [-0.2, 0) is 7.05 Å². The van der Waals surface area contributed by atoms with Crippen LogP contribution < -0.4 is 9.80 Å². The molecule has 8 nitrogen and oxygen atoms in total. The van der Waals surface area contributed by atoms with Gasteiger partial charge in [-0.05, 0) is 13.2 Å². The van der Waals surface area contributed by atoms with Crippen molar-refractivity contribution in [2.45, 2.75) is 12.1 Å². The lowest BCUT2D eigenvalue weighted by molar-refractivity contribution is 0.636. The first-order valence-electron chi connectivity index (χ1n) is 8.83. The van der Waals surface area contributed by atoms with E-state index in [0.717, 1.165) is 59.9 Å². The monoisotopic (exact) mass is 382 g/mol. The van der Waals surface area contributed by atoms with Crippen LogP contribution in [0.4, 0.5) is 11.6 Å². The largest absolute Gasteiger partial charge is 0.353 e. The minimum Gasteiger partial charge on any atom is -0.353 e. The minimum atomic E-state index is 0.822. The van der Waals surface area contributed by atoms with Crippen molar-refractivity contribution in [3.63, 3.8) is 0 Å². The summed E-state index contributed by atoms with van der Waals surface area (Å²) in [6.07, 6.45) is 9.38. The maximum Gasteiger partial charge on any atom is 0.189 e. The Kier molecular flexibility index (Phi) is 4.93. The fourth-order valence-electron chi connectivity index (χ4n) is 3.14. The smallest absolute Gasteiger partial charge is 0.189 e. The van der Waals surface area contributed by atoms with Crippen LogP contribution >= 0.6 is 11.8 Å². The maximum atomic E-state index is 4.78. The van der Waals surface area contributed by atoms with Crippen LogP contribution in [0.15, 0.2) is 36.0 Å². The Morgan fingerprint density at radius 1 is 0.926 bits per heavy atom. The average molecular weight is 382 g/mol. The molecule has 1 aliphatic heterocycles. The fraction of sp³-hybridized carbons (Fsp3) is 0.389. The van der Waals surface area contributed by atoms with E-state index in [1.807, 2.05) is 38.8 Å². The van der Waals surface area contributed by atoms with Crippen molar-refractivity contribution in [1.82, 2.24) is 29.7 Å². The molecule has 3 aromatic heterocycles. The second-order valence-corrected chi connectivity index (χ2v) is 7.27. The molecule has 0 bridgehead atoms. The van der Waals surface area contributed by atoms with Crippen molar-refractivity contribution in [2.24, 2.45) is 7.05 Å². The molecule has 0 aliphatic carbocycles. The predicted molar refractivity (Wildman–Crippen MR) is 107 cm³/mol. The zero-order valence-electron chi connectivity index (χ0n) is 15.7. The van der Waals surface area contributed by atoms with Gasteiger partial charge in [-0.2, -0.15) is 5.10 Å². The van der Waals surface area contributed by atoms with Gasteiger partial charge in [0.2, 0.25) is 0 Å². The summed E-state index contributed by atoms with van der Waals surface area (Å²) in [5.74, 6) is 1.90. The third-order valence-electron chi connectivity index (χ3n) is 4.55. The number of thioether (sulfide) groups is 1. The van der Waals surface area contributed by atoms with Gasteiger partial charge < -0.3 is 9.80 Å². The summed E-state index contributed by atoms with van der Waals surface area (Å²) < 4.78 is 1.77. The van der Waals surface area contributed by atoms with E-state index >= 15 is 0 Å². The molecule has 4 heterocycles. The van der Waals surface area contributed by atoms with E-state index in [1.165, 1.54) is 0 Å². The molecule has 0 N–H and O–H groups in total. The summed E-state index contributed by atoms with van der Waals surface area (Å²) in [4.78, 5) is 22.8. The van der Waals surface area contributed by atoms with Gasteiger partial charge in [0, 0.05) is 56.7 Å². The van der Waals surface area contributed by atoms with Gasteiger partial charge in [0.05, 0.1) is 24.3 Å². The van der Waals surface area contributed by atoms with Gasteiger partial charge in [0.25, 0.3) is 0 Å². The lowest BCUT2D eigenvalue weighted by Crippen LogP contribution is -2.47. The standard InChI is InChI=1S/C18H22N8S/c1-13-8-16(23-18(21-13)27-3)25-4-6-26(7-5-25)17-11-19-10-15(22-17)14-9-20-24(2)12-14/h8-12H,4-7H2,1-3H3. The Balaban J connectivity index is 1.47. The van der Waals surface area contributed by atoms with E-state index in [4.69, 9.17) is 4.98 Å². The summed E-state index contributed by atoms with van der Waals surface area (Å²) in [6.45, 7) is 5.55. The SMILES string of the molecule is CSc1nc(C)cc(N2CCN(c3cncc(-c4cnn(C)c4)n3)CC2)n1. The molecule has 4 rings (SSSR count). The van der Waals surface area contributed by atoms with E-state index in [1.54, 1.807) is 22.6 Å². The van der Waals surface area contributed by atoms with Gasteiger partial charge in [0.1, 0.15) is 11.6 Å². The average Bonchev–Trinajstić information content (AvgIpc) is 3.14. The molecule has 1 aliphatic rings. The Bertz CT molecular complexity index is 933. The highest BCUT2D eigenvalue weighted by molar-refractivity contribution is 7.98. The summed E-state index contributed by atoms with van der Waals surface area (Å²) in [7, 11) is 1.90. The third kappa shape index (κ3) is 3.87. The minimum absolute atomic E-state index is 0.822. The van der Waals surface area contributed by atoms with E-state index in [-0.39, 0.29) is 0 Å². The maximum absolute atomic E-state index is 4.78. The highest BCUT2D eigenvalue weighted by Crippen LogP contribution is 2.22. The Hall–Kier alpha value is -2.68. The van der Waals surface area contributed by atoms with Gasteiger partial charge in [-0.3, -0.25) is 9.67 Å². The molecule has 1 fully saturated rings. The molecular formula is C18H22N8S. The molecule has 0 aromatic carbocycles. The molecular weight excluding hydrogens is 360 g/mol. The Morgan fingerprint density at radius 3 is 2.33 bits per heavy atom. The van der Waals surface area contributed by atoms with Crippen LogP contribution in [0, 0.1) is 6.92 Å². The normalized spacial score (nSPS) is 14.6. The number of anilines is 2. The van der Waals surface area contributed by atoms with Gasteiger partial charge in [-0.1, -0.05) is 11.8 Å². The van der Waals surface area contributed by atoms with E-state index in [0.29, 0.717) is 0 Å². The topological polar surface area (TPSA) is 75.9 Å². The zero-order valence-corrected chi connectivity index (χ0v) is 16.5. The highest BCUT2D eigenvalue weighted by atomic mass is 32.2. The highest BCUT2D eigenvalue weighted by Gasteiger charge is 2.20. The predicted octanol–water partition coefficient (Wildman–Crippen LogP) is 2.02. The lowest BCUT2D eigenvalue weighted by Gasteiger charge is -2.36. The van der Waals surface area contributed by atoms with E-state index < -0.39 is 0 Å². The zero-order chi connectivity index (χ0) is 18.8. The number of nitrogens with zero attached hydrogens (tertiary/aromatic N) is 8. The molecule has 1 saturated heterocycles. The number of hydrogen-bond donors (Lipinski definition) is 0. The number of piperazine rings is 1. The first-order valence-corrected chi connectivity index (χ1v) is 10.1. The molecule has 0 atom stereocenters. The quantitative estimate of drug-likeness (QED) is 0.501. The molecule has 0 radical (unpaired) electrons. The third-order valence-corrected chi connectivity index (χ3v) is 5.10. The molecule has 140 valence electrons. The van der Waals surface area contributed by atoms with Crippen LogP contribution in [0.2, 0.25) is 0 Å². The first kappa shape index (κ1) is 17.7. The molecule has 0 saturated carbocycles. The van der Waals surface area contributed by atoms with Crippen molar-refractivity contribution in [3.8, 4) is 11.3 Å². The molecule has 0 unspecified atom stereocenters. The molecule has 9 heteroatoms. The molecule has 27 heavy (non-hydrogen) atoms. The molecule has 0 amide bonds. The van der Waals surface area contributed by atoms with Gasteiger partial charge >= 0.3 is 0 Å². The first-order chi connectivity index (χ1) is 13.1. The van der Waals surface area contributed by atoms with Crippen molar-refractivity contribution in [2.75, 3.05) is 42.2 Å².